The molecular weight excluding hydrogens is 180 g/mol. The molecule has 2 rings (SSSR count). The number of carbonyl (C=O) groups is 1. The van der Waals surface area contributed by atoms with Gasteiger partial charge in [0.15, 0.2) is 5.78 Å². The Labute approximate surface area is 82.8 Å². The third-order valence-corrected chi connectivity index (χ3v) is 3.73. The van der Waals surface area contributed by atoms with E-state index in [4.69, 9.17) is 0 Å². The van der Waals surface area contributed by atoms with E-state index in [2.05, 4.69) is 13.0 Å². The first-order valence-electron chi connectivity index (χ1n) is 4.91. The molecule has 1 aromatic heterocycles. The van der Waals surface area contributed by atoms with Crippen LogP contribution in [-0.4, -0.2) is 5.78 Å². The van der Waals surface area contributed by atoms with E-state index in [1.807, 2.05) is 6.07 Å². The molecule has 2 heteroatoms. The predicted octanol–water partition coefficient (Wildman–Crippen LogP) is 3.29. The van der Waals surface area contributed by atoms with Crippen LogP contribution >= 0.6 is 11.3 Å². The van der Waals surface area contributed by atoms with Crippen molar-refractivity contribution in [1.82, 2.24) is 0 Å². The Kier molecular flexibility index (Phi) is 2.49. The molecule has 0 aromatic carbocycles. The predicted molar refractivity (Wildman–Crippen MR) is 55.4 cm³/mol. The van der Waals surface area contributed by atoms with Crippen LogP contribution in [0.4, 0.5) is 0 Å². The molecule has 0 atom stereocenters. The van der Waals surface area contributed by atoms with Gasteiger partial charge in [-0.05, 0) is 37.3 Å². The lowest BCUT2D eigenvalue weighted by Gasteiger charge is -1.93. The fraction of sp³-hybridized carbons (Fsp3) is 0.545. The van der Waals surface area contributed by atoms with Gasteiger partial charge in [0, 0.05) is 11.3 Å². The second-order valence-corrected chi connectivity index (χ2v) is 4.86. The number of aryl methyl sites for hydroxylation is 1. The van der Waals surface area contributed by atoms with Crippen molar-refractivity contribution in [1.29, 1.82) is 0 Å². The van der Waals surface area contributed by atoms with Gasteiger partial charge in [0.2, 0.25) is 0 Å². The molecular formula is C11H14OS. The highest BCUT2D eigenvalue weighted by Crippen LogP contribution is 2.34. The zero-order valence-electron chi connectivity index (χ0n) is 7.88. The van der Waals surface area contributed by atoms with E-state index in [0.717, 1.165) is 17.7 Å². The van der Waals surface area contributed by atoms with E-state index in [0.29, 0.717) is 11.7 Å². The minimum absolute atomic E-state index is 0.354. The lowest BCUT2D eigenvalue weighted by molar-refractivity contribution is 0.0980. The standard InChI is InChI=1S/C11H14OS/c1-2-9-5-6-11(13-9)10(12)7-8-3-4-8/h5-6,8H,2-4,7H2,1H3. The lowest BCUT2D eigenvalue weighted by atomic mass is 10.2. The Morgan fingerprint density at radius 2 is 2.31 bits per heavy atom. The maximum absolute atomic E-state index is 11.6. The fourth-order valence-corrected chi connectivity index (χ4v) is 2.30. The Morgan fingerprint density at radius 3 is 2.85 bits per heavy atom. The van der Waals surface area contributed by atoms with E-state index < -0.39 is 0 Å². The lowest BCUT2D eigenvalue weighted by Crippen LogP contribution is -1.96. The average molecular weight is 194 g/mol. The topological polar surface area (TPSA) is 17.1 Å². The normalized spacial score (nSPS) is 16.1. The van der Waals surface area contributed by atoms with Crippen molar-refractivity contribution < 1.29 is 4.79 Å². The van der Waals surface area contributed by atoms with Crippen LogP contribution in [0.15, 0.2) is 12.1 Å². The third-order valence-electron chi connectivity index (χ3n) is 2.46. The minimum Gasteiger partial charge on any atom is -0.293 e. The summed E-state index contributed by atoms with van der Waals surface area (Å²) in [6.07, 6.45) is 4.35. The molecule has 1 aromatic rings. The number of thiophene rings is 1. The molecule has 0 radical (unpaired) electrons. The molecule has 0 amide bonds. The summed E-state index contributed by atoms with van der Waals surface area (Å²) in [6, 6.07) is 4.05. The van der Waals surface area contributed by atoms with Crippen LogP contribution in [-0.2, 0) is 6.42 Å². The smallest absolute Gasteiger partial charge is 0.173 e. The first-order valence-corrected chi connectivity index (χ1v) is 5.73. The van der Waals surface area contributed by atoms with Gasteiger partial charge in [0.05, 0.1) is 4.88 Å². The zero-order valence-corrected chi connectivity index (χ0v) is 8.69. The van der Waals surface area contributed by atoms with Gasteiger partial charge in [-0.1, -0.05) is 6.92 Å². The van der Waals surface area contributed by atoms with E-state index >= 15 is 0 Å². The highest BCUT2D eigenvalue weighted by atomic mass is 32.1. The summed E-state index contributed by atoms with van der Waals surface area (Å²) in [5, 5.41) is 0. The summed E-state index contributed by atoms with van der Waals surface area (Å²) in [6.45, 7) is 2.13. The molecule has 0 saturated heterocycles. The van der Waals surface area contributed by atoms with Gasteiger partial charge >= 0.3 is 0 Å². The van der Waals surface area contributed by atoms with Crippen molar-refractivity contribution >= 4 is 17.1 Å². The van der Waals surface area contributed by atoms with Gasteiger partial charge in [-0.15, -0.1) is 11.3 Å². The maximum atomic E-state index is 11.6. The Balaban J connectivity index is 2.01. The van der Waals surface area contributed by atoms with Crippen LogP contribution in [0.3, 0.4) is 0 Å². The average Bonchev–Trinajstić information content (AvgIpc) is 2.82. The first-order chi connectivity index (χ1) is 6.29. The number of rotatable bonds is 4. The molecule has 0 unspecified atom stereocenters. The molecule has 1 fully saturated rings. The summed E-state index contributed by atoms with van der Waals surface area (Å²) in [5.74, 6) is 1.06. The van der Waals surface area contributed by atoms with Crippen molar-refractivity contribution in [2.24, 2.45) is 5.92 Å². The van der Waals surface area contributed by atoms with E-state index in [-0.39, 0.29) is 0 Å². The SMILES string of the molecule is CCc1ccc(C(=O)CC2CC2)s1. The Bertz CT molecular complexity index is 310. The first kappa shape index (κ1) is 8.95. The van der Waals surface area contributed by atoms with Gasteiger partial charge in [0.25, 0.3) is 0 Å². The van der Waals surface area contributed by atoms with E-state index in [1.165, 1.54) is 17.7 Å². The molecule has 13 heavy (non-hydrogen) atoms. The quantitative estimate of drug-likeness (QED) is 0.672. The van der Waals surface area contributed by atoms with Crippen LogP contribution in [0.5, 0.6) is 0 Å². The molecule has 0 aliphatic heterocycles. The van der Waals surface area contributed by atoms with Crippen molar-refractivity contribution in [3.05, 3.63) is 21.9 Å². The minimum atomic E-state index is 0.354. The van der Waals surface area contributed by atoms with Gasteiger partial charge in [-0.2, -0.15) is 0 Å². The maximum Gasteiger partial charge on any atom is 0.173 e. The second-order valence-electron chi connectivity index (χ2n) is 3.69. The Hall–Kier alpha value is -0.630. The second kappa shape index (κ2) is 3.62. The zero-order chi connectivity index (χ0) is 9.26. The van der Waals surface area contributed by atoms with Crippen molar-refractivity contribution in [2.75, 3.05) is 0 Å². The van der Waals surface area contributed by atoms with Gasteiger partial charge in [0.1, 0.15) is 0 Å². The van der Waals surface area contributed by atoms with Crippen LogP contribution in [0.2, 0.25) is 0 Å². The largest absolute Gasteiger partial charge is 0.293 e. The van der Waals surface area contributed by atoms with E-state index in [1.54, 1.807) is 11.3 Å². The third kappa shape index (κ3) is 2.19. The monoisotopic (exact) mass is 194 g/mol. The number of hydrogen-bond acceptors (Lipinski definition) is 2. The fourth-order valence-electron chi connectivity index (χ4n) is 1.40. The number of hydrogen-bond donors (Lipinski definition) is 0. The number of ketones is 1. The summed E-state index contributed by atoms with van der Waals surface area (Å²) in [4.78, 5) is 13.9. The molecule has 0 N–H and O–H groups in total. The number of carbonyl (C=O) groups excluding carboxylic acids is 1. The van der Waals surface area contributed by atoms with Crippen LogP contribution in [0, 0.1) is 5.92 Å². The summed E-state index contributed by atoms with van der Waals surface area (Å²) in [7, 11) is 0. The van der Waals surface area contributed by atoms with Crippen molar-refractivity contribution in [3.8, 4) is 0 Å². The molecule has 1 heterocycles. The molecule has 1 saturated carbocycles. The van der Waals surface area contributed by atoms with Crippen LogP contribution in [0.25, 0.3) is 0 Å². The molecule has 70 valence electrons. The van der Waals surface area contributed by atoms with Gasteiger partial charge < -0.3 is 0 Å². The summed E-state index contributed by atoms with van der Waals surface area (Å²) in [5.41, 5.74) is 0. The number of Topliss-reactive ketones (excluding diaryl/α,β-unsaturated/α-hetero) is 1. The van der Waals surface area contributed by atoms with Crippen LogP contribution < -0.4 is 0 Å². The molecule has 1 aliphatic carbocycles. The molecule has 0 bridgehead atoms. The highest BCUT2D eigenvalue weighted by molar-refractivity contribution is 7.14. The summed E-state index contributed by atoms with van der Waals surface area (Å²) >= 11 is 1.66. The van der Waals surface area contributed by atoms with Gasteiger partial charge in [-0.25, -0.2) is 0 Å². The van der Waals surface area contributed by atoms with Crippen molar-refractivity contribution in [2.45, 2.75) is 32.6 Å². The van der Waals surface area contributed by atoms with Crippen LogP contribution in [0.1, 0.15) is 40.7 Å². The highest BCUT2D eigenvalue weighted by Gasteiger charge is 2.25. The van der Waals surface area contributed by atoms with Crippen molar-refractivity contribution in [3.63, 3.8) is 0 Å². The van der Waals surface area contributed by atoms with Gasteiger partial charge in [-0.3, -0.25) is 4.79 Å². The summed E-state index contributed by atoms with van der Waals surface area (Å²) < 4.78 is 0. The molecule has 0 spiro atoms. The Morgan fingerprint density at radius 1 is 1.54 bits per heavy atom. The van der Waals surface area contributed by atoms with E-state index in [9.17, 15) is 4.79 Å². The molecule has 1 aliphatic rings. The molecule has 1 nitrogen and oxygen atoms in total.